The lowest BCUT2D eigenvalue weighted by Crippen LogP contribution is -2.44. The van der Waals surface area contributed by atoms with Gasteiger partial charge in [-0.1, -0.05) is 20.8 Å². The molecule has 0 bridgehead atoms. The van der Waals surface area contributed by atoms with Gasteiger partial charge in [0.25, 0.3) is 0 Å². The van der Waals surface area contributed by atoms with Crippen LogP contribution in [0.2, 0.25) is 0 Å². The van der Waals surface area contributed by atoms with E-state index in [1.54, 1.807) is 0 Å². The number of amides is 1. The van der Waals surface area contributed by atoms with Crippen molar-refractivity contribution in [3.8, 4) is 0 Å². The third-order valence-corrected chi connectivity index (χ3v) is 8.48. The number of carbonyl (C=O) groups is 2. The SMILES string of the molecule is COC(=O)CCN1CCCP(C(=O)NCCC2CC(C)C2(C)C)C1. The summed E-state index contributed by atoms with van der Waals surface area (Å²) in [5.74, 6) is 1.36. The van der Waals surface area contributed by atoms with Crippen LogP contribution in [-0.4, -0.2) is 55.7 Å². The highest BCUT2D eigenvalue weighted by atomic mass is 31.1. The maximum atomic E-state index is 12.5. The topological polar surface area (TPSA) is 58.6 Å². The minimum Gasteiger partial charge on any atom is -0.469 e. The van der Waals surface area contributed by atoms with Crippen LogP contribution in [0.4, 0.5) is 4.79 Å². The van der Waals surface area contributed by atoms with Gasteiger partial charge in [-0.15, -0.1) is 0 Å². The molecule has 3 atom stereocenters. The molecule has 1 N–H and O–H groups in total. The van der Waals surface area contributed by atoms with Crippen LogP contribution in [0.3, 0.4) is 0 Å². The van der Waals surface area contributed by atoms with E-state index in [0.29, 0.717) is 18.4 Å². The van der Waals surface area contributed by atoms with Crippen LogP contribution in [0.25, 0.3) is 0 Å². The molecule has 2 fully saturated rings. The predicted molar refractivity (Wildman–Crippen MR) is 98.5 cm³/mol. The number of esters is 1. The van der Waals surface area contributed by atoms with Gasteiger partial charge < -0.3 is 10.1 Å². The van der Waals surface area contributed by atoms with Gasteiger partial charge in [0.15, 0.2) is 0 Å². The van der Waals surface area contributed by atoms with Crippen molar-refractivity contribution in [2.45, 2.75) is 46.5 Å². The molecule has 138 valence electrons. The molecule has 0 radical (unpaired) electrons. The van der Waals surface area contributed by atoms with Gasteiger partial charge in [-0.05, 0) is 49.2 Å². The van der Waals surface area contributed by atoms with Crippen LogP contribution in [-0.2, 0) is 9.53 Å². The molecule has 0 spiro atoms. The molecule has 0 aromatic heterocycles. The minimum absolute atomic E-state index is 0.174. The molecule has 2 aliphatic rings. The lowest BCUT2D eigenvalue weighted by Gasteiger charge is -2.51. The number of hydrogen-bond acceptors (Lipinski definition) is 4. The van der Waals surface area contributed by atoms with Crippen molar-refractivity contribution < 1.29 is 14.3 Å². The third kappa shape index (κ3) is 4.92. The molecule has 3 unspecified atom stereocenters. The predicted octanol–water partition coefficient (Wildman–Crippen LogP) is 3.48. The molecule has 1 aliphatic carbocycles. The van der Waals surface area contributed by atoms with Crippen molar-refractivity contribution in [3.05, 3.63) is 0 Å². The summed E-state index contributed by atoms with van der Waals surface area (Å²) in [6.07, 6.45) is 5.69. The van der Waals surface area contributed by atoms with Crippen LogP contribution in [0.5, 0.6) is 0 Å². The van der Waals surface area contributed by atoms with Crippen LogP contribution in [0, 0.1) is 17.3 Å². The minimum atomic E-state index is -0.633. The van der Waals surface area contributed by atoms with Crippen molar-refractivity contribution in [3.63, 3.8) is 0 Å². The van der Waals surface area contributed by atoms with Crippen LogP contribution >= 0.6 is 7.92 Å². The number of nitrogens with one attached hydrogen (secondary N) is 1. The molecular weight excluding hydrogens is 323 g/mol. The van der Waals surface area contributed by atoms with E-state index >= 15 is 0 Å². The Bertz CT molecular complexity index is 456. The molecular formula is C18H33N2O3P. The van der Waals surface area contributed by atoms with Gasteiger partial charge in [0.1, 0.15) is 0 Å². The second-order valence-electron chi connectivity index (χ2n) is 7.88. The van der Waals surface area contributed by atoms with Gasteiger partial charge in [0, 0.05) is 27.3 Å². The maximum absolute atomic E-state index is 12.5. The number of methoxy groups -OCH3 is 1. The van der Waals surface area contributed by atoms with Crippen molar-refractivity contribution in [1.82, 2.24) is 10.2 Å². The Labute approximate surface area is 147 Å². The largest absolute Gasteiger partial charge is 0.469 e. The molecule has 1 saturated carbocycles. The quantitative estimate of drug-likeness (QED) is 0.560. The monoisotopic (exact) mass is 356 g/mol. The lowest BCUT2D eigenvalue weighted by molar-refractivity contribution is -0.140. The smallest absolute Gasteiger partial charge is 0.306 e. The first-order valence-electron chi connectivity index (χ1n) is 9.16. The number of carbonyl (C=O) groups excluding carboxylic acids is 2. The summed E-state index contributed by atoms with van der Waals surface area (Å²) in [7, 11) is 0.786. The molecule has 0 aromatic carbocycles. The maximum Gasteiger partial charge on any atom is 0.306 e. The first-order valence-corrected chi connectivity index (χ1v) is 10.9. The fraction of sp³-hybridized carbons (Fsp3) is 0.889. The highest BCUT2D eigenvalue weighted by molar-refractivity contribution is 7.74. The first-order chi connectivity index (χ1) is 11.3. The Morgan fingerprint density at radius 3 is 2.75 bits per heavy atom. The second kappa shape index (κ2) is 8.62. The summed E-state index contributed by atoms with van der Waals surface area (Å²) in [6.45, 7) is 9.50. The van der Waals surface area contributed by atoms with Crippen molar-refractivity contribution >= 4 is 19.5 Å². The molecule has 6 heteroatoms. The van der Waals surface area contributed by atoms with E-state index in [1.165, 1.54) is 13.5 Å². The van der Waals surface area contributed by atoms with E-state index in [9.17, 15) is 9.59 Å². The van der Waals surface area contributed by atoms with E-state index < -0.39 is 7.92 Å². The van der Waals surface area contributed by atoms with E-state index in [0.717, 1.165) is 50.2 Å². The number of hydrogen-bond donors (Lipinski definition) is 1. The van der Waals surface area contributed by atoms with Gasteiger partial charge in [-0.3, -0.25) is 14.5 Å². The molecule has 5 nitrogen and oxygen atoms in total. The molecule has 24 heavy (non-hydrogen) atoms. The standard InChI is InChI=1S/C18H33N2O3P/c1-14-12-15(18(14,2)3)6-8-19-17(22)24-11-5-9-20(13-24)10-7-16(21)23-4/h14-15H,5-13H2,1-4H3,(H,19,22). The van der Waals surface area contributed by atoms with Gasteiger partial charge >= 0.3 is 5.97 Å². The van der Waals surface area contributed by atoms with Crippen LogP contribution in [0.1, 0.15) is 46.5 Å². The van der Waals surface area contributed by atoms with Crippen molar-refractivity contribution in [1.29, 1.82) is 0 Å². The molecule has 2 rings (SSSR count). The summed E-state index contributed by atoms with van der Waals surface area (Å²) in [5.41, 5.74) is 0.670. The number of rotatable bonds is 7. The average Bonchev–Trinajstić information content (AvgIpc) is 2.59. The zero-order valence-electron chi connectivity index (χ0n) is 15.6. The zero-order valence-corrected chi connectivity index (χ0v) is 16.5. The summed E-state index contributed by atoms with van der Waals surface area (Å²) >= 11 is 0. The highest BCUT2D eigenvalue weighted by Crippen LogP contribution is 2.52. The van der Waals surface area contributed by atoms with E-state index in [1.807, 2.05) is 0 Å². The average molecular weight is 356 g/mol. The fourth-order valence-corrected chi connectivity index (χ4v) is 5.90. The first kappa shape index (κ1) is 19.7. The second-order valence-corrected chi connectivity index (χ2v) is 10.1. The molecule has 1 amide bonds. The molecule has 1 heterocycles. The van der Waals surface area contributed by atoms with E-state index in [2.05, 4.69) is 31.0 Å². The van der Waals surface area contributed by atoms with Crippen LogP contribution in [0.15, 0.2) is 0 Å². The van der Waals surface area contributed by atoms with Gasteiger partial charge in [-0.25, -0.2) is 0 Å². The summed E-state index contributed by atoms with van der Waals surface area (Å²) in [6, 6.07) is 0. The van der Waals surface area contributed by atoms with E-state index in [-0.39, 0.29) is 11.6 Å². The number of ether oxygens (including phenoxy) is 1. The Balaban J connectivity index is 1.67. The Hall–Kier alpha value is -0.670. The molecule has 1 aliphatic heterocycles. The van der Waals surface area contributed by atoms with Crippen molar-refractivity contribution in [2.24, 2.45) is 17.3 Å². The Morgan fingerprint density at radius 1 is 1.38 bits per heavy atom. The Morgan fingerprint density at radius 2 is 2.12 bits per heavy atom. The number of nitrogens with zero attached hydrogens (tertiary/aromatic N) is 1. The molecule has 1 saturated heterocycles. The van der Waals surface area contributed by atoms with Gasteiger partial charge in [-0.2, -0.15) is 0 Å². The summed E-state index contributed by atoms with van der Waals surface area (Å²) in [4.78, 5) is 26.0. The van der Waals surface area contributed by atoms with Gasteiger partial charge in [0.2, 0.25) is 5.65 Å². The van der Waals surface area contributed by atoms with Gasteiger partial charge in [0.05, 0.1) is 13.5 Å². The van der Waals surface area contributed by atoms with Crippen molar-refractivity contribution in [2.75, 3.05) is 39.2 Å². The lowest BCUT2D eigenvalue weighted by atomic mass is 9.54. The highest BCUT2D eigenvalue weighted by Gasteiger charge is 2.44. The third-order valence-electron chi connectivity index (χ3n) is 6.15. The Kier molecular flexibility index (Phi) is 7.06. The zero-order chi connectivity index (χ0) is 17.7. The van der Waals surface area contributed by atoms with E-state index in [4.69, 9.17) is 4.74 Å². The normalized spacial score (nSPS) is 29.6. The fourth-order valence-electron chi connectivity index (χ4n) is 3.80. The van der Waals surface area contributed by atoms with Crippen LogP contribution < -0.4 is 5.32 Å². The summed E-state index contributed by atoms with van der Waals surface area (Å²) < 4.78 is 4.69. The molecule has 0 aromatic rings. The summed E-state index contributed by atoms with van der Waals surface area (Å²) in [5, 5.41) is 3.17.